The monoisotopic (exact) mass is 380 g/mol. The summed E-state index contributed by atoms with van der Waals surface area (Å²) in [6, 6.07) is 12.6. The van der Waals surface area contributed by atoms with Gasteiger partial charge in [0.2, 0.25) is 11.8 Å². The number of carboxylic acid groups (broad SMARTS) is 1. The lowest BCUT2D eigenvalue weighted by Crippen LogP contribution is -2.27. The van der Waals surface area contributed by atoms with Crippen molar-refractivity contribution >= 4 is 18.0 Å². The minimum atomic E-state index is -1.18. The first kappa shape index (κ1) is 19.6. The van der Waals surface area contributed by atoms with Gasteiger partial charge in [-0.2, -0.15) is 0 Å². The zero-order valence-electron chi connectivity index (χ0n) is 15.6. The van der Waals surface area contributed by atoms with Crippen LogP contribution in [-0.4, -0.2) is 22.0 Å². The van der Waals surface area contributed by atoms with E-state index in [1.54, 1.807) is 12.1 Å². The Balaban J connectivity index is 1.59. The first-order valence-corrected chi connectivity index (χ1v) is 9.54. The van der Waals surface area contributed by atoms with Crippen molar-refractivity contribution < 1.29 is 19.4 Å². The molecule has 1 aromatic heterocycles. The van der Waals surface area contributed by atoms with E-state index in [-0.39, 0.29) is 11.6 Å². The number of carbonyl (C=O) groups excluding carboxylic acids is 1. The van der Waals surface area contributed by atoms with Gasteiger partial charge in [-0.25, -0.2) is 9.78 Å². The van der Waals surface area contributed by atoms with Crippen molar-refractivity contribution in [3.63, 3.8) is 0 Å². The molecule has 0 atom stereocenters. The summed E-state index contributed by atoms with van der Waals surface area (Å²) in [5.74, 6) is 0.209. The van der Waals surface area contributed by atoms with Crippen molar-refractivity contribution in [3.8, 4) is 11.6 Å². The van der Waals surface area contributed by atoms with E-state index in [0.717, 1.165) is 19.3 Å². The Hall–Kier alpha value is -3.15. The maximum absolute atomic E-state index is 12.1. The van der Waals surface area contributed by atoms with Gasteiger partial charge in [0.25, 0.3) is 0 Å². The maximum Gasteiger partial charge on any atom is 0.352 e. The number of aromatic nitrogens is 1. The van der Waals surface area contributed by atoms with Gasteiger partial charge >= 0.3 is 5.97 Å². The molecule has 146 valence electrons. The second-order valence-corrected chi connectivity index (χ2v) is 6.95. The molecule has 2 N–H and O–H groups in total. The van der Waals surface area contributed by atoms with Gasteiger partial charge in [-0.1, -0.05) is 43.9 Å². The highest BCUT2D eigenvalue weighted by atomic mass is 16.5. The lowest BCUT2D eigenvalue weighted by Gasteiger charge is -2.10. The van der Waals surface area contributed by atoms with Gasteiger partial charge in [-0.3, -0.25) is 4.79 Å². The molecular weight excluding hydrogens is 356 g/mol. The van der Waals surface area contributed by atoms with Gasteiger partial charge in [0.05, 0.1) is 0 Å². The summed E-state index contributed by atoms with van der Waals surface area (Å²) in [6.45, 7) is 0. The quantitative estimate of drug-likeness (QED) is 0.663. The van der Waals surface area contributed by atoms with Crippen LogP contribution in [0, 0.1) is 5.92 Å². The number of aliphatic carboxylic acids is 1. The standard InChI is InChI=1S/C22H24N2O4/c25-20(12-10-16-6-4-5-7-16)24-19(22(26)27)14-17-11-13-21(23-15-17)28-18-8-2-1-3-9-18/h1-3,8-9,11,13-16H,4-7,10,12H2,(H,24,25)(H,26,27). The second kappa shape index (κ2) is 9.69. The van der Waals surface area contributed by atoms with Crippen LogP contribution in [0.15, 0.2) is 54.4 Å². The number of ether oxygens (including phenoxy) is 1. The molecule has 0 aliphatic heterocycles. The number of carboxylic acids is 1. The molecule has 1 aromatic carbocycles. The zero-order valence-corrected chi connectivity index (χ0v) is 15.6. The van der Waals surface area contributed by atoms with E-state index < -0.39 is 5.97 Å². The summed E-state index contributed by atoms with van der Waals surface area (Å²) in [4.78, 5) is 27.8. The van der Waals surface area contributed by atoms with Crippen molar-refractivity contribution in [2.45, 2.75) is 38.5 Å². The Morgan fingerprint density at radius 2 is 1.89 bits per heavy atom. The van der Waals surface area contributed by atoms with E-state index in [4.69, 9.17) is 4.74 Å². The second-order valence-electron chi connectivity index (χ2n) is 6.95. The molecule has 0 bridgehead atoms. The van der Waals surface area contributed by atoms with Crippen molar-refractivity contribution in [2.24, 2.45) is 5.92 Å². The van der Waals surface area contributed by atoms with Crippen molar-refractivity contribution in [3.05, 3.63) is 59.9 Å². The van der Waals surface area contributed by atoms with E-state index in [0.29, 0.717) is 29.5 Å². The summed E-state index contributed by atoms with van der Waals surface area (Å²) < 4.78 is 5.61. The van der Waals surface area contributed by atoms with Crippen LogP contribution in [0.2, 0.25) is 0 Å². The molecule has 0 saturated heterocycles. The molecule has 0 spiro atoms. The van der Waals surface area contributed by atoms with Crippen LogP contribution in [0.5, 0.6) is 11.6 Å². The van der Waals surface area contributed by atoms with E-state index in [1.165, 1.54) is 25.1 Å². The molecular formula is C22H24N2O4. The topological polar surface area (TPSA) is 88.5 Å². The zero-order chi connectivity index (χ0) is 19.8. The van der Waals surface area contributed by atoms with E-state index in [2.05, 4.69) is 10.3 Å². The SMILES string of the molecule is O=C(CCC1CCCC1)NC(=Cc1ccc(Oc2ccccc2)nc1)C(=O)O. The van der Waals surface area contributed by atoms with Gasteiger partial charge in [0.15, 0.2) is 0 Å². The van der Waals surface area contributed by atoms with Gasteiger partial charge in [0.1, 0.15) is 11.4 Å². The Labute approximate surface area is 164 Å². The van der Waals surface area contributed by atoms with Crippen LogP contribution in [-0.2, 0) is 9.59 Å². The molecule has 6 nitrogen and oxygen atoms in total. The molecule has 1 saturated carbocycles. The average Bonchev–Trinajstić information content (AvgIpc) is 3.22. The van der Waals surface area contributed by atoms with Gasteiger partial charge in [-0.05, 0) is 42.2 Å². The molecule has 1 heterocycles. The molecule has 3 rings (SSSR count). The molecule has 1 amide bonds. The summed E-state index contributed by atoms with van der Waals surface area (Å²) in [5.41, 5.74) is 0.406. The van der Waals surface area contributed by atoms with Crippen LogP contribution < -0.4 is 10.1 Å². The first-order chi connectivity index (χ1) is 13.6. The molecule has 6 heteroatoms. The highest BCUT2D eigenvalue weighted by Gasteiger charge is 2.17. The minimum absolute atomic E-state index is 0.157. The van der Waals surface area contributed by atoms with Crippen molar-refractivity contribution in [1.82, 2.24) is 10.3 Å². The number of amides is 1. The largest absolute Gasteiger partial charge is 0.477 e. The molecule has 28 heavy (non-hydrogen) atoms. The van der Waals surface area contributed by atoms with Crippen molar-refractivity contribution in [2.75, 3.05) is 0 Å². The minimum Gasteiger partial charge on any atom is -0.477 e. The van der Waals surface area contributed by atoms with Gasteiger partial charge in [-0.15, -0.1) is 0 Å². The van der Waals surface area contributed by atoms with Gasteiger partial charge in [0, 0.05) is 18.7 Å². The molecule has 1 fully saturated rings. The molecule has 0 radical (unpaired) electrons. The third-order valence-corrected chi connectivity index (χ3v) is 4.79. The highest BCUT2D eigenvalue weighted by Crippen LogP contribution is 2.28. The van der Waals surface area contributed by atoms with Crippen LogP contribution >= 0.6 is 0 Å². The maximum atomic E-state index is 12.1. The Morgan fingerprint density at radius 1 is 1.14 bits per heavy atom. The summed E-state index contributed by atoms with van der Waals surface area (Å²) in [5, 5.41) is 11.9. The number of hydrogen-bond acceptors (Lipinski definition) is 4. The number of carbonyl (C=O) groups is 2. The third kappa shape index (κ3) is 5.94. The number of para-hydroxylation sites is 1. The number of benzene rings is 1. The number of rotatable bonds is 8. The lowest BCUT2D eigenvalue weighted by molar-refractivity contribution is -0.134. The number of nitrogens with one attached hydrogen (secondary N) is 1. The van der Waals surface area contributed by atoms with E-state index in [1.807, 2.05) is 30.3 Å². The predicted octanol–water partition coefficient (Wildman–Crippen LogP) is 4.39. The molecule has 2 aromatic rings. The smallest absolute Gasteiger partial charge is 0.352 e. The summed E-state index contributed by atoms with van der Waals surface area (Å²) in [6.07, 6.45) is 8.84. The fraction of sp³-hybridized carbons (Fsp3) is 0.318. The van der Waals surface area contributed by atoms with Crippen molar-refractivity contribution in [1.29, 1.82) is 0 Å². The summed E-state index contributed by atoms with van der Waals surface area (Å²) >= 11 is 0. The third-order valence-electron chi connectivity index (χ3n) is 4.79. The van der Waals surface area contributed by atoms with Crippen LogP contribution in [0.25, 0.3) is 6.08 Å². The Kier molecular flexibility index (Phi) is 6.78. The van der Waals surface area contributed by atoms with E-state index in [9.17, 15) is 14.7 Å². The summed E-state index contributed by atoms with van der Waals surface area (Å²) in [7, 11) is 0. The number of hydrogen-bond donors (Lipinski definition) is 2. The van der Waals surface area contributed by atoms with Crippen LogP contribution in [0.1, 0.15) is 44.1 Å². The number of nitrogens with zero attached hydrogens (tertiary/aromatic N) is 1. The highest BCUT2D eigenvalue weighted by molar-refractivity contribution is 5.96. The predicted molar refractivity (Wildman–Crippen MR) is 106 cm³/mol. The number of pyridine rings is 1. The van der Waals surface area contributed by atoms with Gasteiger partial charge < -0.3 is 15.2 Å². The molecule has 1 aliphatic carbocycles. The fourth-order valence-corrected chi connectivity index (χ4v) is 3.31. The van der Waals surface area contributed by atoms with Crippen LogP contribution in [0.4, 0.5) is 0 Å². The first-order valence-electron chi connectivity index (χ1n) is 9.54. The lowest BCUT2D eigenvalue weighted by atomic mass is 10.0. The molecule has 0 unspecified atom stereocenters. The van der Waals surface area contributed by atoms with Crippen LogP contribution in [0.3, 0.4) is 0 Å². The Morgan fingerprint density at radius 3 is 2.54 bits per heavy atom. The molecule has 1 aliphatic rings. The Bertz CT molecular complexity index is 825. The normalized spacial score (nSPS) is 14.6. The fourth-order valence-electron chi connectivity index (χ4n) is 3.31. The average molecular weight is 380 g/mol. The van der Waals surface area contributed by atoms with E-state index >= 15 is 0 Å².